The molecule has 6 heteroatoms. The number of hydrogen-bond acceptors (Lipinski definition) is 4. The molecule has 0 aliphatic carbocycles. The Labute approximate surface area is 93.8 Å². The van der Waals surface area contributed by atoms with Crippen molar-refractivity contribution in [3.63, 3.8) is 0 Å². The number of carboxylic acid groups (broad SMARTS) is 1. The minimum Gasteiger partial charge on any atom is -0.480 e. The second-order valence-corrected chi connectivity index (χ2v) is 4.94. The van der Waals surface area contributed by atoms with Crippen LogP contribution in [0.25, 0.3) is 0 Å². The Kier molecular flexibility index (Phi) is 3.88. The van der Waals surface area contributed by atoms with E-state index in [1.165, 1.54) is 0 Å². The lowest BCUT2D eigenvalue weighted by molar-refractivity contribution is -0.243. The Hall–Kier alpha value is -0.720. The predicted molar refractivity (Wildman–Crippen MR) is 54.5 cm³/mol. The third-order valence-electron chi connectivity index (χ3n) is 2.32. The highest BCUT2D eigenvalue weighted by molar-refractivity contribution is 5.74. The molecule has 1 saturated heterocycles. The molecule has 16 heavy (non-hydrogen) atoms. The molecule has 5 nitrogen and oxygen atoms in total. The third kappa shape index (κ3) is 3.40. The highest BCUT2D eigenvalue weighted by Gasteiger charge is 2.41. The molecule has 0 radical (unpaired) electrons. The summed E-state index contributed by atoms with van der Waals surface area (Å²) in [6.07, 6.45) is -2.74. The molecule has 1 fully saturated rings. The lowest BCUT2D eigenvalue weighted by Gasteiger charge is -2.31. The first-order valence-corrected chi connectivity index (χ1v) is 5.19. The smallest absolute Gasteiger partial charge is 0.321 e. The van der Waals surface area contributed by atoms with Crippen molar-refractivity contribution >= 4 is 5.97 Å². The molecular weight excluding hydrogens is 217 g/mol. The third-order valence-corrected chi connectivity index (χ3v) is 2.32. The lowest BCUT2D eigenvalue weighted by Crippen LogP contribution is -2.47. The maximum Gasteiger partial charge on any atom is 0.321 e. The fraction of sp³-hybridized carbons (Fsp3) is 0.900. The van der Waals surface area contributed by atoms with Crippen molar-refractivity contribution in [2.45, 2.75) is 51.4 Å². The molecule has 1 aliphatic rings. The second-order valence-electron chi connectivity index (χ2n) is 4.94. The molecule has 0 aromatic carbocycles. The van der Waals surface area contributed by atoms with E-state index < -0.39 is 30.2 Å². The number of halogens is 1. The summed E-state index contributed by atoms with van der Waals surface area (Å²) in [7, 11) is 0. The van der Waals surface area contributed by atoms with Crippen LogP contribution in [0.1, 0.15) is 27.2 Å². The molecule has 3 atom stereocenters. The zero-order chi connectivity index (χ0) is 12.5. The van der Waals surface area contributed by atoms with Gasteiger partial charge < -0.3 is 14.9 Å². The summed E-state index contributed by atoms with van der Waals surface area (Å²) in [5.74, 6) is -1.14. The fourth-order valence-electron chi connectivity index (χ4n) is 1.68. The van der Waals surface area contributed by atoms with E-state index in [-0.39, 0.29) is 13.0 Å². The van der Waals surface area contributed by atoms with Crippen LogP contribution < -0.4 is 0 Å². The van der Waals surface area contributed by atoms with Crippen LogP contribution >= 0.6 is 0 Å². The van der Waals surface area contributed by atoms with Crippen LogP contribution in [-0.2, 0) is 9.53 Å². The van der Waals surface area contributed by atoms with Gasteiger partial charge in [0.2, 0.25) is 6.41 Å². The number of aliphatic carboxylic acids is 1. The number of aliphatic hydroxyl groups is 1. The van der Waals surface area contributed by atoms with Crippen LogP contribution in [0.2, 0.25) is 0 Å². The summed E-state index contributed by atoms with van der Waals surface area (Å²) >= 11 is 0. The Morgan fingerprint density at radius 3 is 2.56 bits per heavy atom. The summed E-state index contributed by atoms with van der Waals surface area (Å²) in [6, 6.07) is -1.02. The molecule has 1 aliphatic heterocycles. The van der Waals surface area contributed by atoms with Gasteiger partial charge >= 0.3 is 5.97 Å². The number of carboxylic acids is 1. The topological polar surface area (TPSA) is 70.0 Å². The summed E-state index contributed by atoms with van der Waals surface area (Å²) in [5, 5.41) is 18.6. The average Bonchev–Trinajstić information content (AvgIpc) is 2.44. The number of carbonyl (C=O) groups is 1. The molecule has 0 bridgehead atoms. The van der Waals surface area contributed by atoms with Gasteiger partial charge in [0, 0.05) is 13.0 Å². The van der Waals surface area contributed by atoms with E-state index in [0.717, 1.165) is 4.90 Å². The van der Waals surface area contributed by atoms with Crippen LogP contribution in [0.5, 0.6) is 0 Å². The predicted octanol–water partition coefficient (Wildman–Crippen LogP) is 0.574. The van der Waals surface area contributed by atoms with Gasteiger partial charge in [-0.25, -0.2) is 9.29 Å². The largest absolute Gasteiger partial charge is 0.480 e. The lowest BCUT2D eigenvalue weighted by atomic mass is 10.2. The standard InChI is InChI=1S/C10H18FNO4/c1-10(2,3)16-9(15)12-5-6(11)4-7(12)8(13)14/h6-7,9,15H,4-5H2,1-3H3,(H,13,14)/t6-,7+,9?/m1/s1. The average molecular weight is 235 g/mol. The van der Waals surface area contributed by atoms with Gasteiger partial charge in [-0.15, -0.1) is 0 Å². The van der Waals surface area contributed by atoms with E-state index in [1.807, 2.05) is 0 Å². The van der Waals surface area contributed by atoms with E-state index in [4.69, 9.17) is 9.84 Å². The fourth-order valence-corrected chi connectivity index (χ4v) is 1.68. The highest BCUT2D eigenvalue weighted by Crippen LogP contribution is 2.24. The summed E-state index contributed by atoms with van der Waals surface area (Å²) < 4.78 is 18.3. The van der Waals surface area contributed by atoms with Crippen molar-refractivity contribution in [2.24, 2.45) is 0 Å². The normalized spacial score (nSPS) is 29.3. The van der Waals surface area contributed by atoms with E-state index in [1.54, 1.807) is 20.8 Å². The molecule has 1 unspecified atom stereocenters. The first kappa shape index (κ1) is 13.3. The second kappa shape index (κ2) is 4.65. The molecule has 1 heterocycles. The van der Waals surface area contributed by atoms with E-state index in [0.29, 0.717) is 0 Å². The zero-order valence-corrected chi connectivity index (χ0v) is 9.68. The van der Waals surface area contributed by atoms with Gasteiger partial charge in [0.1, 0.15) is 12.2 Å². The number of hydrogen-bond donors (Lipinski definition) is 2. The van der Waals surface area contributed by atoms with Crippen LogP contribution in [0.3, 0.4) is 0 Å². The number of alkyl halides is 1. The highest BCUT2D eigenvalue weighted by atomic mass is 19.1. The number of nitrogens with zero attached hydrogens (tertiary/aromatic N) is 1. The minimum absolute atomic E-state index is 0.111. The van der Waals surface area contributed by atoms with Gasteiger partial charge in [-0.3, -0.25) is 4.79 Å². The van der Waals surface area contributed by atoms with Crippen molar-refractivity contribution in [3.8, 4) is 0 Å². The number of ether oxygens (including phenoxy) is 1. The molecule has 0 aromatic rings. The van der Waals surface area contributed by atoms with Crippen molar-refractivity contribution in [2.75, 3.05) is 6.54 Å². The van der Waals surface area contributed by atoms with Crippen molar-refractivity contribution < 1.29 is 24.1 Å². The van der Waals surface area contributed by atoms with Gasteiger partial charge in [-0.1, -0.05) is 0 Å². The summed E-state index contributed by atoms with van der Waals surface area (Å²) in [4.78, 5) is 12.0. The molecule has 1 rings (SSSR count). The quantitative estimate of drug-likeness (QED) is 0.700. The molecule has 0 saturated carbocycles. The van der Waals surface area contributed by atoms with Crippen molar-refractivity contribution in [1.29, 1.82) is 0 Å². The van der Waals surface area contributed by atoms with Gasteiger partial charge in [0.15, 0.2) is 0 Å². The van der Waals surface area contributed by atoms with Gasteiger partial charge in [0.05, 0.1) is 5.60 Å². The number of rotatable bonds is 3. The maximum absolute atomic E-state index is 13.1. The zero-order valence-electron chi connectivity index (χ0n) is 9.68. The van der Waals surface area contributed by atoms with E-state index >= 15 is 0 Å². The number of likely N-dealkylation sites (tertiary alicyclic amines) is 1. The Bertz CT molecular complexity index is 266. The van der Waals surface area contributed by atoms with E-state index in [2.05, 4.69) is 0 Å². The van der Waals surface area contributed by atoms with Crippen molar-refractivity contribution in [1.82, 2.24) is 4.90 Å². The van der Waals surface area contributed by atoms with Crippen LogP contribution in [0, 0.1) is 0 Å². The molecule has 0 aromatic heterocycles. The van der Waals surface area contributed by atoms with Gasteiger partial charge in [0.25, 0.3) is 0 Å². The van der Waals surface area contributed by atoms with Crippen LogP contribution in [0.15, 0.2) is 0 Å². The Balaban J connectivity index is 2.67. The van der Waals surface area contributed by atoms with Crippen LogP contribution in [0.4, 0.5) is 4.39 Å². The van der Waals surface area contributed by atoms with Gasteiger partial charge in [-0.05, 0) is 20.8 Å². The molecule has 2 N–H and O–H groups in total. The Morgan fingerprint density at radius 1 is 1.56 bits per heavy atom. The first-order chi connectivity index (χ1) is 7.20. The van der Waals surface area contributed by atoms with E-state index in [9.17, 15) is 14.3 Å². The minimum atomic E-state index is -1.39. The monoisotopic (exact) mass is 235 g/mol. The van der Waals surface area contributed by atoms with Gasteiger partial charge in [-0.2, -0.15) is 0 Å². The van der Waals surface area contributed by atoms with Crippen molar-refractivity contribution in [3.05, 3.63) is 0 Å². The van der Waals surface area contributed by atoms with Crippen LogP contribution in [-0.4, -0.2) is 51.9 Å². The molecular formula is C10H18FNO4. The number of aliphatic hydroxyl groups excluding tert-OH is 1. The molecule has 94 valence electrons. The Morgan fingerprint density at radius 2 is 2.12 bits per heavy atom. The SMILES string of the molecule is CC(C)(C)OC(O)N1C[C@H](F)C[C@H]1C(=O)O. The maximum atomic E-state index is 13.1. The summed E-state index contributed by atoms with van der Waals surface area (Å²) in [5.41, 5.74) is -0.614. The summed E-state index contributed by atoms with van der Waals surface area (Å²) in [6.45, 7) is 5.08. The molecule has 0 spiro atoms. The molecule has 0 amide bonds. The first-order valence-electron chi connectivity index (χ1n) is 5.19.